The van der Waals surface area contributed by atoms with Crippen molar-refractivity contribution in [3.05, 3.63) is 0 Å². The highest BCUT2D eigenvalue weighted by atomic mass is 127. The number of nitrogens with zero attached hydrogens (tertiary/aromatic N) is 1. The fourth-order valence-corrected chi connectivity index (χ4v) is 3.44. The molecule has 0 aromatic carbocycles. The highest BCUT2D eigenvalue weighted by Crippen LogP contribution is 2.34. The van der Waals surface area contributed by atoms with Gasteiger partial charge in [0.05, 0.1) is 6.54 Å². The van der Waals surface area contributed by atoms with Crippen LogP contribution < -0.4 is 10.6 Å². The Bertz CT molecular complexity index is 366. The standard InChI is InChI=1S/C18H37N3OS.HI/c1-7-19-16(21-15(2)8-9-17(3,4)5)20-14-18(23-6)10-12-22-13-11-18;/h15H,7-14H2,1-6H3,(H2,19,20,21);1H. The Kier molecular flexibility index (Phi) is 12.0. The maximum atomic E-state index is 5.52. The van der Waals surface area contributed by atoms with E-state index in [1.807, 2.05) is 11.8 Å². The molecule has 0 saturated carbocycles. The molecular weight excluding hydrogens is 433 g/mol. The highest BCUT2D eigenvalue weighted by Gasteiger charge is 2.31. The number of nitrogens with one attached hydrogen (secondary N) is 2. The van der Waals surface area contributed by atoms with E-state index in [9.17, 15) is 0 Å². The third kappa shape index (κ3) is 9.70. The summed E-state index contributed by atoms with van der Waals surface area (Å²) < 4.78 is 5.76. The van der Waals surface area contributed by atoms with Gasteiger partial charge in [-0.3, -0.25) is 4.99 Å². The zero-order valence-electron chi connectivity index (χ0n) is 16.4. The van der Waals surface area contributed by atoms with Gasteiger partial charge in [-0.25, -0.2) is 0 Å². The lowest BCUT2D eigenvalue weighted by atomic mass is 9.89. The molecule has 4 nitrogen and oxygen atoms in total. The topological polar surface area (TPSA) is 45.7 Å². The Morgan fingerprint density at radius 3 is 2.42 bits per heavy atom. The first-order chi connectivity index (χ1) is 10.8. The lowest BCUT2D eigenvalue weighted by molar-refractivity contribution is 0.0794. The molecule has 0 aromatic heterocycles. The largest absolute Gasteiger partial charge is 0.381 e. The maximum Gasteiger partial charge on any atom is 0.191 e. The second-order valence-corrected chi connectivity index (χ2v) is 9.11. The van der Waals surface area contributed by atoms with E-state index in [4.69, 9.17) is 9.73 Å². The minimum absolute atomic E-state index is 0. The number of hydrogen-bond acceptors (Lipinski definition) is 3. The molecule has 6 heteroatoms. The van der Waals surface area contributed by atoms with Crippen LogP contribution >= 0.6 is 35.7 Å². The molecule has 0 radical (unpaired) electrons. The molecule has 0 aliphatic carbocycles. The summed E-state index contributed by atoms with van der Waals surface area (Å²) in [5.41, 5.74) is 0.385. The van der Waals surface area contributed by atoms with Gasteiger partial charge in [0.2, 0.25) is 0 Å². The summed E-state index contributed by atoms with van der Waals surface area (Å²) >= 11 is 1.94. The van der Waals surface area contributed by atoms with Gasteiger partial charge >= 0.3 is 0 Å². The van der Waals surface area contributed by atoms with Crippen molar-refractivity contribution in [3.63, 3.8) is 0 Å². The Balaban J connectivity index is 0.00000529. The number of ether oxygens (including phenoxy) is 1. The summed E-state index contributed by atoms with van der Waals surface area (Å²) in [6.07, 6.45) is 6.77. The normalized spacial score (nSPS) is 19.3. The lowest BCUT2D eigenvalue weighted by Crippen LogP contribution is -2.44. The molecule has 1 aliphatic rings. The van der Waals surface area contributed by atoms with E-state index in [1.54, 1.807) is 0 Å². The molecule has 2 N–H and O–H groups in total. The predicted molar refractivity (Wildman–Crippen MR) is 119 cm³/mol. The SMILES string of the molecule is CCNC(=NCC1(SC)CCOCC1)NC(C)CCC(C)(C)C.I. The first-order valence-electron chi connectivity index (χ1n) is 8.98. The molecule has 1 atom stereocenters. The van der Waals surface area contributed by atoms with E-state index in [0.717, 1.165) is 51.5 Å². The zero-order chi connectivity index (χ0) is 17.3. The van der Waals surface area contributed by atoms with Gasteiger partial charge in [0.15, 0.2) is 5.96 Å². The van der Waals surface area contributed by atoms with Gasteiger partial charge in [0.1, 0.15) is 0 Å². The number of guanidine groups is 1. The molecule has 0 spiro atoms. The van der Waals surface area contributed by atoms with Crippen LogP contribution in [0.25, 0.3) is 0 Å². The summed E-state index contributed by atoms with van der Waals surface area (Å²) in [7, 11) is 0. The van der Waals surface area contributed by atoms with E-state index in [2.05, 4.69) is 51.5 Å². The molecule has 1 unspecified atom stereocenters. The second-order valence-electron chi connectivity index (χ2n) is 7.84. The minimum atomic E-state index is 0. The lowest BCUT2D eigenvalue weighted by Gasteiger charge is -2.34. The molecule has 144 valence electrons. The van der Waals surface area contributed by atoms with Crippen LogP contribution in [-0.2, 0) is 4.74 Å². The van der Waals surface area contributed by atoms with Crippen LogP contribution in [0.1, 0.15) is 60.3 Å². The van der Waals surface area contributed by atoms with Gasteiger partial charge in [0, 0.05) is 30.5 Å². The number of aliphatic imine (C=N–C) groups is 1. The first kappa shape index (κ1) is 24.3. The smallest absolute Gasteiger partial charge is 0.191 e. The average molecular weight is 471 g/mol. The molecular formula is C18H38IN3OS. The monoisotopic (exact) mass is 471 g/mol. The Morgan fingerprint density at radius 1 is 1.29 bits per heavy atom. The Morgan fingerprint density at radius 2 is 1.92 bits per heavy atom. The van der Waals surface area contributed by atoms with Gasteiger partial charge in [-0.1, -0.05) is 20.8 Å². The van der Waals surface area contributed by atoms with E-state index in [0.29, 0.717) is 11.5 Å². The van der Waals surface area contributed by atoms with E-state index in [-0.39, 0.29) is 28.7 Å². The predicted octanol–water partition coefficient (Wildman–Crippen LogP) is 4.29. The summed E-state index contributed by atoms with van der Waals surface area (Å²) in [4.78, 5) is 4.88. The molecule has 24 heavy (non-hydrogen) atoms. The van der Waals surface area contributed by atoms with E-state index in [1.165, 1.54) is 6.42 Å². The van der Waals surface area contributed by atoms with Gasteiger partial charge < -0.3 is 15.4 Å². The number of hydrogen-bond donors (Lipinski definition) is 2. The van der Waals surface area contributed by atoms with E-state index >= 15 is 0 Å². The summed E-state index contributed by atoms with van der Waals surface area (Å²) in [6.45, 7) is 14.7. The van der Waals surface area contributed by atoms with Gasteiger partial charge in [-0.15, -0.1) is 24.0 Å². The summed E-state index contributed by atoms with van der Waals surface area (Å²) in [5.74, 6) is 0.953. The van der Waals surface area contributed by atoms with Crippen LogP contribution in [0.2, 0.25) is 0 Å². The molecule has 0 amide bonds. The van der Waals surface area contributed by atoms with Crippen molar-refractivity contribution < 1.29 is 4.74 Å². The fraction of sp³-hybridized carbons (Fsp3) is 0.944. The van der Waals surface area contributed by atoms with Crippen molar-refractivity contribution in [2.24, 2.45) is 10.4 Å². The van der Waals surface area contributed by atoms with Crippen LogP contribution in [0.5, 0.6) is 0 Å². The van der Waals surface area contributed by atoms with Gasteiger partial charge in [-0.05, 0) is 51.2 Å². The molecule has 1 heterocycles. The van der Waals surface area contributed by atoms with Gasteiger partial charge in [-0.2, -0.15) is 11.8 Å². The van der Waals surface area contributed by atoms with Crippen LogP contribution in [0, 0.1) is 5.41 Å². The Labute approximate surface area is 170 Å². The minimum Gasteiger partial charge on any atom is -0.381 e. The summed E-state index contributed by atoms with van der Waals surface area (Å²) in [5, 5.41) is 6.96. The summed E-state index contributed by atoms with van der Waals surface area (Å²) in [6, 6.07) is 0.437. The van der Waals surface area contributed by atoms with Gasteiger partial charge in [0.25, 0.3) is 0 Å². The molecule has 1 rings (SSSR count). The molecule has 0 bridgehead atoms. The molecule has 1 aliphatic heterocycles. The van der Waals surface area contributed by atoms with Crippen LogP contribution in [0.3, 0.4) is 0 Å². The van der Waals surface area contributed by atoms with Crippen LogP contribution in [0.15, 0.2) is 4.99 Å². The molecule has 1 fully saturated rings. The third-order valence-electron chi connectivity index (χ3n) is 4.42. The van der Waals surface area contributed by atoms with Crippen molar-refractivity contribution >= 4 is 41.7 Å². The van der Waals surface area contributed by atoms with Crippen molar-refractivity contribution in [1.82, 2.24) is 10.6 Å². The number of halogens is 1. The van der Waals surface area contributed by atoms with Crippen molar-refractivity contribution in [3.8, 4) is 0 Å². The average Bonchev–Trinajstić information content (AvgIpc) is 2.51. The number of thioether (sulfide) groups is 1. The molecule has 0 aromatic rings. The highest BCUT2D eigenvalue weighted by molar-refractivity contribution is 14.0. The second kappa shape index (κ2) is 11.8. The third-order valence-corrected chi connectivity index (χ3v) is 5.82. The Hall–Kier alpha value is 0.310. The first-order valence-corrected chi connectivity index (χ1v) is 10.2. The van der Waals surface area contributed by atoms with Crippen LogP contribution in [-0.4, -0.2) is 49.3 Å². The zero-order valence-corrected chi connectivity index (χ0v) is 19.6. The van der Waals surface area contributed by atoms with Crippen LogP contribution in [0.4, 0.5) is 0 Å². The maximum absolute atomic E-state index is 5.52. The quantitative estimate of drug-likeness (QED) is 0.331. The van der Waals surface area contributed by atoms with Crippen molar-refractivity contribution in [2.75, 3.05) is 32.6 Å². The van der Waals surface area contributed by atoms with E-state index < -0.39 is 0 Å². The molecule has 1 saturated heterocycles. The number of rotatable bonds is 7. The van der Waals surface area contributed by atoms with Crippen molar-refractivity contribution in [2.45, 2.75) is 71.1 Å². The fourth-order valence-electron chi connectivity index (χ4n) is 2.67. The van der Waals surface area contributed by atoms with Crippen molar-refractivity contribution in [1.29, 1.82) is 0 Å².